The number of aliphatic hydroxyl groups excluding tert-OH is 1. The average molecular weight is 276 g/mol. The van der Waals surface area contributed by atoms with Gasteiger partial charge < -0.3 is 14.9 Å². The first-order valence-electron chi connectivity index (χ1n) is 6.63. The van der Waals surface area contributed by atoms with Gasteiger partial charge in [-0.25, -0.2) is 0 Å². The normalized spacial score (nSPS) is 11.2. The van der Waals surface area contributed by atoms with E-state index in [4.69, 9.17) is 14.9 Å². The van der Waals surface area contributed by atoms with Crippen LogP contribution in [0.2, 0.25) is 0 Å². The lowest BCUT2D eigenvalue weighted by Gasteiger charge is -2.01. The minimum Gasteiger partial charge on any atom is -0.516 e. The quantitative estimate of drug-likeness (QED) is 0.432. The Bertz CT molecular complexity index is 446. The Balaban J connectivity index is 2.13. The molecular formula is C16H20O4. The largest absolute Gasteiger partial charge is 0.516 e. The third kappa shape index (κ3) is 7.26. The number of carbonyl (C=O) groups is 1. The zero-order valence-electron chi connectivity index (χ0n) is 11.4. The molecule has 0 unspecified atom stereocenters. The fourth-order valence-corrected chi connectivity index (χ4v) is 1.59. The molecule has 4 nitrogen and oxygen atoms in total. The molecule has 0 fully saturated rings. The van der Waals surface area contributed by atoms with Crippen molar-refractivity contribution in [1.82, 2.24) is 0 Å². The lowest BCUT2D eigenvalue weighted by Crippen LogP contribution is -2.03. The van der Waals surface area contributed by atoms with Crippen LogP contribution in [0.25, 0.3) is 6.08 Å². The van der Waals surface area contributed by atoms with Crippen molar-refractivity contribution < 1.29 is 19.7 Å². The molecule has 0 spiro atoms. The molecule has 0 bridgehead atoms. The van der Waals surface area contributed by atoms with Gasteiger partial charge in [-0.1, -0.05) is 24.3 Å². The van der Waals surface area contributed by atoms with Crippen LogP contribution in [0.1, 0.15) is 31.2 Å². The smallest absolute Gasteiger partial charge is 0.306 e. The highest BCUT2D eigenvalue weighted by Gasteiger charge is 2.00. The van der Waals surface area contributed by atoms with E-state index in [2.05, 4.69) is 0 Å². The van der Waals surface area contributed by atoms with Crippen molar-refractivity contribution in [3.63, 3.8) is 0 Å². The Kier molecular flexibility index (Phi) is 7.65. The fourth-order valence-electron chi connectivity index (χ4n) is 1.59. The van der Waals surface area contributed by atoms with Gasteiger partial charge in [0.15, 0.2) is 0 Å². The molecule has 0 aliphatic carbocycles. The van der Waals surface area contributed by atoms with Crippen molar-refractivity contribution >= 4 is 12.0 Å². The van der Waals surface area contributed by atoms with E-state index in [0.29, 0.717) is 6.42 Å². The topological polar surface area (TPSA) is 66.8 Å². The van der Waals surface area contributed by atoms with Gasteiger partial charge in [0.05, 0.1) is 6.26 Å². The van der Waals surface area contributed by atoms with E-state index in [1.807, 2.05) is 6.08 Å². The van der Waals surface area contributed by atoms with E-state index >= 15 is 0 Å². The minimum atomic E-state index is -0.215. The molecule has 4 heteroatoms. The predicted molar refractivity (Wildman–Crippen MR) is 78.3 cm³/mol. The number of carbonyl (C=O) groups excluding carboxylic acids is 1. The van der Waals surface area contributed by atoms with Crippen LogP contribution in [-0.4, -0.2) is 22.8 Å². The number of phenolic OH excluding ortho intramolecular Hbond substituents is 1. The molecule has 2 N–H and O–H groups in total. The summed E-state index contributed by atoms with van der Waals surface area (Å²) in [5.74, 6) is 0.0120. The summed E-state index contributed by atoms with van der Waals surface area (Å²) in [5, 5.41) is 17.6. The molecule has 0 heterocycles. The maximum Gasteiger partial charge on any atom is 0.306 e. The Hall–Kier alpha value is -2.23. The number of hydrogen-bond donors (Lipinski definition) is 2. The molecular weight excluding hydrogens is 256 g/mol. The Morgan fingerprint density at radius 2 is 1.90 bits per heavy atom. The zero-order chi connectivity index (χ0) is 14.6. The summed E-state index contributed by atoms with van der Waals surface area (Å²) in [6.07, 6.45) is 9.05. The second kappa shape index (κ2) is 9.67. The number of esters is 1. The van der Waals surface area contributed by atoms with Crippen molar-refractivity contribution in [2.45, 2.75) is 25.7 Å². The van der Waals surface area contributed by atoms with Gasteiger partial charge in [0.25, 0.3) is 0 Å². The molecule has 1 aromatic rings. The maximum atomic E-state index is 11.4. The third-order valence-corrected chi connectivity index (χ3v) is 2.65. The van der Waals surface area contributed by atoms with Gasteiger partial charge in [-0.3, -0.25) is 4.79 Å². The van der Waals surface area contributed by atoms with Crippen LogP contribution in [0, 0.1) is 0 Å². The molecule has 1 rings (SSSR count). The van der Waals surface area contributed by atoms with E-state index in [1.165, 1.54) is 0 Å². The molecule has 108 valence electrons. The molecule has 0 atom stereocenters. The number of allylic oxidation sites excluding steroid dienone is 1. The Morgan fingerprint density at radius 3 is 2.60 bits per heavy atom. The number of benzene rings is 1. The molecule has 1 aromatic carbocycles. The second-order valence-electron chi connectivity index (χ2n) is 4.31. The first-order chi connectivity index (χ1) is 9.72. The maximum absolute atomic E-state index is 11.4. The van der Waals surface area contributed by atoms with Crippen LogP contribution in [-0.2, 0) is 9.53 Å². The number of ether oxygens (including phenoxy) is 1. The molecule has 20 heavy (non-hydrogen) atoms. The summed E-state index contributed by atoms with van der Waals surface area (Å²) in [7, 11) is 0. The highest BCUT2D eigenvalue weighted by atomic mass is 16.5. The van der Waals surface area contributed by atoms with Crippen LogP contribution < -0.4 is 0 Å². The highest BCUT2D eigenvalue weighted by Crippen LogP contribution is 2.10. The lowest BCUT2D eigenvalue weighted by molar-refractivity contribution is -0.142. The molecule has 0 radical (unpaired) electrons. The number of aliphatic hydroxyl groups is 1. The van der Waals surface area contributed by atoms with Crippen LogP contribution in [0.5, 0.6) is 5.75 Å². The summed E-state index contributed by atoms with van der Waals surface area (Å²) in [4.78, 5) is 11.4. The zero-order valence-corrected chi connectivity index (χ0v) is 11.4. The minimum absolute atomic E-state index is 0.215. The van der Waals surface area contributed by atoms with Gasteiger partial charge in [0, 0.05) is 6.42 Å². The van der Waals surface area contributed by atoms with E-state index in [0.717, 1.165) is 31.1 Å². The standard InChI is InChI=1S/C16H20O4/c17-12-4-2-1-3-7-16(19)20-13-5-6-14-8-10-15(18)11-9-14/h4-6,8-12,17-18H,1-3,7,13H2/b6-5+,12-4+. The molecule has 0 aromatic heterocycles. The number of rotatable bonds is 8. The van der Waals surface area contributed by atoms with Gasteiger partial charge >= 0.3 is 5.97 Å². The average Bonchev–Trinajstić information content (AvgIpc) is 2.45. The predicted octanol–water partition coefficient (Wildman–Crippen LogP) is 3.58. The Morgan fingerprint density at radius 1 is 1.15 bits per heavy atom. The molecule has 0 aliphatic heterocycles. The van der Waals surface area contributed by atoms with Crippen molar-refractivity contribution in [3.8, 4) is 5.75 Å². The summed E-state index contributed by atoms with van der Waals surface area (Å²) in [6.45, 7) is 0.246. The van der Waals surface area contributed by atoms with Crippen LogP contribution in [0.15, 0.2) is 42.7 Å². The van der Waals surface area contributed by atoms with E-state index in [9.17, 15) is 4.79 Å². The van der Waals surface area contributed by atoms with Crippen LogP contribution in [0.3, 0.4) is 0 Å². The highest BCUT2D eigenvalue weighted by molar-refractivity contribution is 5.69. The van der Waals surface area contributed by atoms with E-state index in [-0.39, 0.29) is 18.3 Å². The van der Waals surface area contributed by atoms with Crippen molar-refractivity contribution in [2.24, 2.45) is 0 Å². The SMILES string of the molecule is O=C(CCCC/C=C/O)OC/C=C/c1ccc(O)cc1. The third-order valence-electron chi connectivity index (χ3n) is 2.65. The van der Waals surface area contributed by atoms with Gasteiger partial charge in [-0.2, -0.15) is 0 Å². The molecule has 0 aliphatic rings. The van der Waals surface area contributed by atoms with Crippen molar-refractivity contribution in [1.29, 1.82) is 0 Å². The van der Waals surface area contributed by atoms with Crippen molar-refractivity contribution in [2.75, 3.05) is 6.61 Å². The number of unbranched alkanes of at least 4 members (excludes halogenated alkanes) is 2. The van der Waals surface area contributed by atoms with Crippen molar-refractivity contribution in [3.05, 3.63) is 48.2 Å². The first kappa shape index (κ1) is 15.8. The van der Waals surface area contributed by atoms with Gasteiger partial charge in [0.1, 0.15) is 12.4 Å². The second-order valence-corrected chi connectivity index (χ2v) is 4.31. The first-order valence-corrected chi connectivity index (χ1v) is 6.63. The van der Waals surface area contributed by atoms with Crippen LogP contribution in [0.4, 0.5) is 0 Å². The summed E-state index contributed by atoms with van der Waals surface area (Å²) < 4.78 is 5.05. The fraction of sp³-hybridized carbons (Fsp3) is 0.312. The molecule has 0 amide bonds. The van der Waals surface area contributed by atoms with Gasteiger partial charge in [-0.05, 0) is 43.0 Å². The van der Waals surface area contributed by atoms with Gasteiger partial charge in [0.2, 0.25) is 0 Å². The summed E-state index contributed by atoms with van der Waals surface area (Å²) in [6, 6.07) is 6.77. The number of hydrogen-bond acceptors (Lipinski definition) is 4. The van der Waals surface area contributed by atoms with E-state index < -0.39 is 0 Å². The number of phenols is 1. The lowest BCUT2D eigenvalue weighted by atomic mass is 10.2. The Labute approximate surface area is 119 Å². The van der Waals surface area contributed by atoms with Gasteiger partial charge in [-0.15, -0.1) is 0 Å². The molecule has 0 saturated heterocycles. The molecule has 0 saturated carbocycles. The summed E-state index contributed by atoms with van der Waals surface area (Å²) in [5.41, 5.74) is 0.939. The number of aromatic hydroxyl groups is 1. The van der Waals surface area contributed by atoms with E-state index in [1.54, 1.807) is 36.4 Å². The summed E-state index contributed by atoms with van der Waals surface area (Å²) >= 11 is 0. The van der Waals surface area contributed by atoms with Crippen LogP contribution >= 0.6 is 0 Å². The monoisotopic (exact) mass is 276 g/mol.